The summed E-state index contributed by atoms with van der Waals surface area (Å²) >= 11 is 3.02. The maximum absolute atomic E-state index is 11.9. The van der Waals surface area contributed by atoms with Crippen molar-refractivity contribution in [3.63, 3.8) is 0 Å². The molecule has 0 saturated heterocycles. The van der Waals surface area contributed by atoms with Gasteiger partial charge < -0.3 is 14.8 Å². The lowest BCUT2D eigenvalue weighted by atomic mass is 10.2. The molecule has 0 aliphatic rings. The predicted molar refractivity (Wildman–Crippen MR) is 80.6 cm³/mol. The van der Waals surface area contributed by atoms with Crippen LogP contribution in [0, 0.1) is 10.1 Å². The van der Waals surface area contributed by atoms with Gasteiger partial charge in [0, 0.05) is 19.7 Å². The largest absolute Gasteiger partial charge is 0.449 e. The van der Waals surface area contributed by atoms with Crippen molar-refractivity contribution < 1.29 is 24.0 Å². The summed E-state index contributed by atoms with van der Waals surface area (Å²) in [5.41, 5.74) is -0.266. The number of halogens is 1. The summed E-state index contributed by atoms with van der Waals surface area (Å²) < 4.78 is 10.0. The van der Waals surface area contributed by atoms with E-state index in [1.165, 1.54) is 26.2 Å². The number of methoxy groups -OCH3 is 1. The molecule has 1 rings (SSSR count). The number of nitrogens with one attached hydrogen (secondary N) is 1. The Balaban J connectivity index is 2.70. The average Bonchev–Trinajstić information content (AvgIpc) is 2.47. The van der Waals surface area contributed by atoms with Crippen LogP contribution >= 0.6 is 15.9 Å². The number of rotatable bonds is 7. The van der Waals surface area contributed by atoms with Crippen molar-refractivity contribution in [2.24, 2.45) is 0 Å². The second-order valence-electron chi connectivity index (χ2n) is 4.25. The monoisotopic (exact) mass is 374 g/mol. The molecule has 0 bridgehead atoms. The quantitative estimate of drug-likeness (QED) is 0.336. The van der Waals surface area contributed by atoms with Crippen molar-refractivity contribution in [3.8, 4) is 0 Å². The van der Waals surface area contributed by atoms with E-state index in [9.17, 15) is 19.7 Å². The minimum absolute atomic E-state index is 0.00792. The average molecular weight is 375 g/mol. The molecule has 1 aromatic rings. The van der Waals surface area contributed by atoms with Crippen molar-refractivity contribution in [1.82, 2.24) is 5.32 Å². The van der Waals surface area contributed by atoms with E-state index >= 15 is 0 Å². The van der Waals surface area contributed by atoms with Gasteiger partial charge in [-0.05, 0) is 35.0 Å². The fraction of sp³-hybridized carbons (Fsp3) is 0.385. The Labute approximate surface area is 135 Å². The van der Waals surface area contributed by atoms with Crippen LogP contribution in [0.4, 0.5) is 5.69 Å². The molecule has 0 unspecified atom stereocenters. The van der Waals surface area contributed by atoms with Crippen molar-refractivity contribution in [3.05, 3.63) is 38.3 Å². The van der Waals surface area contributed by atoms with Crippen LogP contribution in [0.3, 0.4) is 0 Å². The Hall–Kier alpha value is -2.00. The van der Waals surface area contributed by atoms with E-state index in [-0.39, 0.29) is 15.7 Å². The fourth-order valence-electron chi connectivity index (χ4n) is 1.48. The van der Waals surface area contributed by atoms with E-state index in [4.69, 9.17) is 9.47 Å². The highest BCUT2D eigenvalue weighted by Crippen LogP contribution is 2.26. The molecule has 9 heteroatoms. The summed E-state index contributed by atoms with van der Waals surface area (Å²) in [6.45, 7) is 2.04. The number of benzene rings is 1. The predicted octanol–water partition coefficient (Wildman–Crippen LogP) is 1.67. The fourth-order valence-corrected chi connectivity index (χ4v) is 1.87. The topological polar surface area (TPSA) is 108 Å². The van der Waals surface area contributed by atoms with Gasteiger partial charge in [-0.2, -0.15) is 0 Å². The number of hydrogen-bond donors (Lipinski definition) is 1. The van der Waals surface area contributed by atoms with Gasteiger partial charge in [0.15, 0.2) is 6.10 Å². The van der Waals surface area contributed by atoms with E-state index in [0.717, 1.165) is 6.07 Å². The summed E-state index contributed by atoms with van der Waals surface area (Å²) in [5, 5.41) is 13.3. The zero-order valence-corrected chi connectivity index (χ0v) is 13.6. The molecule has 0 fully saturated rings. The Bertz CT molecular complexity index is 578. The normalized spacial score (nSPS) is 11.6. The summed E-state index contributed by atoms with van der Waals surface area (Å²) in [4.78, 5) is 33.8. The SMILES string of the molecule is COCCNC(=O)[C@@H](C)OC(=O)c1ccc(Br)c([N+](=O)[O-])c1. The van der Waals surface area contributed by atoms with Gasteiger partial charge in [-0.3, -0.25) is 14.9 Å². The Morgan fingerprint density at radius 3 is 2.73 bits per heavy atom. The van der Waals surface area contributed by atoms with Crippen LogP contribution in [0.1, 0.15) is 17.3 Å². The molecule has 0 saturated carbocycles. The molecule has 0 aliphatic heterocycles. The highest BCUT2D eigenvalue weighted by Gasteiger charge is 2.21. The zero-order valence-electron chi connectivity index (χ0n) is 12.0. The number of hydrogen-bond acceptors (Lipinski definition) is 6. The first-order chi connectivity index (χ1) is 10.4. The van der Waals surface area contributed by atoms with E-state index in [1.54, 1.807) is 0 Å². The molecule has 1 atom stereocenters. The standard InChI is InChI=1S/C13H15BrN2O6/c1-8(12(17)15-5-6-21-2)22-13(18)9-3-4-10(14)11(7-9)16(19)20/h3-4,7-8H,5-6H2,1-2H3,(H,15,17)/t8-/m1/s1. The van der Waals surface area contributed by atoms with Gasteiger partial charge in [-0.1, -0.05) is 0 Å². The molecule has 0 heterocycles. The van der Waals surface area contributed by atoms with Gasteiger partial charge in [0.05, 0.1) is 21.6 Å². The maximum atomic E-state index is 11.9. The lowest BCUT2D eigenvalue weighted by Crippen LogP contribution is -2.37. The van der Waals surface area contributed by atoms with Crippen LogP contribution < -0.4 is 5.32 Å². The smallest absolute Gasteiger partial charge is 0.339 e. The van der Waals surface area contributed by atoms with Gasteiger partial charge in [0.2, 0.25) is 0 Å². The number of carbonyl (C=O) groups excluding carboxylic acids is 2. The summed E-state index contributed by atoms with van der Waals surface area (Å²) in [6, 6.07) is 3.83. The molecule has 1 N–H and O–H groups in total. The van der Waals surface area contributed by atoms with E-state index in [0.29, 0.717) is 13.2 Å². The minimum atomic E-state index is -1.02. The first-order valence-electron chi connectivity index (χ1n) is 6.28. The van der Waals surface area contributed by atoms with Gasteiger partial charge >= 0.3 is 5.97 Å². The van der Waals surface area contributed by atoms with Crippen LogP contribution in [0.5, 0.6) is 0 Å². The third-order valence-electron chi connectivity index (χ3n) is 2.64. The van der Waals surface area contributed by atoms with Crippen molar-refractivity contribution in [2.75, 3.05) is 20.3 Å². The van der Waals surface area contributed by atoms with Crippen LogP contribution in [-0.2, 0) is 14.3 Å². The third-order valence-corrected chi connectivity index (χ3v) is 3.31. The zero-order chi connectivity index (χ0) is 16.7. The van der Waals surface area contributed by atoms with Crippen molar-refractivity contribution in [2.45, 2.75) is 13.0 Å². The maximum Gasteiger partial charge on any atom is 0.339 e. The Kier molecular flexibility index (Phi) is 6.93. The highest BCUT2D eigenvalue weighted by atomic mass is 79.9. The highest BCUT2D eigenvalue weighted by molar-refractivity contribution is 9.10. The Morgan fingerprint density at radius 2 is 2.14 bits per heavy atom. The summed E-state index contributed by atoms with van der Waals surface area (Å²) in [7, 11) is 1.50. The molecule has 0 spiro atoms. The van der Waals surface area contributed by atoms with Crippen LogP contribution in [-0.4, -0.2) is 43.2 Å². The molecule has 1 amide bonds. The number of nitro groups is 1. The van der Waals surface area contributed by atoms with E-state index in [1.807, 2.05) is 0 Å². The number of amides is 1. The summed E-state index contributed by atoms with van der Waals surface area (Å²) in [5.74, 6) is -1.29. The number of nitro benzene ring substituents is 1. The van der Waals surface area contributed by atoms with Crippen LogP contribution in [0.25, 0.3) is 0 Å². The Morgan fingerprint density at radius 1 is 1.45 bits per heavy atom. The second-order valence-corrected chi connectivity index (χ2v) is 5.11. The molecule has 0 aliphatic carbocycles. The molecular weight excluding hydrogens is 360 g/mol. The second kappa shape index (κ2) is 8.44. The van der Waals surface area contributed by atoms with Crippen molar-refractivity contribution >= 4 is 33.5 Å². The third kappa shape index (κ3) is 5.08. The molecular formula is C13H15BrN2O6. The molecule has 1 aromatic carbocycles. The molecule has 8 nitrogen and oxygen atoms in total. The lowest BCUT2D eigenvalue weighted by Gasteiger charge is -2.13. The van der Waals surface area contributed by atoms with Crippen LogP contribution in [0.2, 0.25) is 0 Å². The van der Waals surface area contributed by atoms with Crippen molar-refractivity contribution in [1.29, 1.82) is 0 Å². The molecule has 0 radical (unpaired) electrons. The minimum Gasteiger partial charge on any atom is -0.449 e. The van der Waals surface area contributed by atoms with Gasteiger partial charge in [0.1, 0.15) is 0 Å². The molecule has 120 valence electrons. The summed E-state index contributed by atoms with van der Waals surface area (Å²) in [6.07, 6.45) is -1.02. The number of carbonyl (C=O) groups is 2. The van der Waals surface area contributed by atoms with Gasteiger partial charge in [0.25, 0.3) is 11.6 Å². The first-order valence-corrected chi connectivity index (χ1v) is 7.07. The van der Waals surface area contributed by atoms with Gasteiger partial charge in [-0.25, -0.2) is 4.79 Å². The van der Waals surface area contributed by atoms with Crippen LogP contribution in [0.15, 0.2) is 22.7 Å². The van der Waals surface area contributed by atoms with E-state index in [2.05, 4.69) is 21.2 Å². The number of esters is 1. The van der Waals surface area contributed by atoms with Gasteiger partial charge in [-0.15, -0.1) is 0 Å². The number of ether oxygens (including phenoxy) is 2. The number of nitrogens with zero attached hydrogens (tertiary/aromatic N) is 1. The lowest BCUT2D eigenvalue weighted by molar-refractivity contribution is -0.385. The first kappa shape index (κ1) is 18.1. The van der Waals surface area contributed by atoms with E-state index < -0.39 is 22.9 Å². The molecule has 0 aromatic heterocycles. The molecule has 22 heavy (non-hydrogen) atoms.